The molecule has 0 saturated heterocycles. The Balaban J connectivity index is 2.56. The van der Waals surface area contributed by atoms with Crippen LogP contribution in [-0.2, 0) is 10.0 Å². The third-order valence-corrected chi connectivity index (χ3v) is 4.76. The molecule has 0 saturated carbocycles. The van der Waals surface area contributed by atoms with Crippen LogP contribution in [0, 0.1) is 5.92 Å². The van der Waals surface area contributed by atoms with Crippen molar-refractivity contribution in [1.29, 1.82) is 0 Å². The number of hydrogen-bond donors (Lipinski definition) is 3. The van der Waals surface area contributed by atoms with E-state index in [-0.39, 0.29) is 17.0 Å². The van der Waals surface area contributed by atoms with E-state index in [2.05, 4.69) is 23.9 Å². The SMILES string of the molecule is CC(C)[C@H](CN)NC[C@@H](C)NS(=O)(=O)c1ccccc1. The second-order valence-corrected chi connectivity index (χ2v) is 7.04. The van der Waals surface area contributed by atoms with E-state index < -0.39 is 10.0 Å². The molecule has 5 nitrogen and oxygen atoms in total. The topological polar surface area (TPSA) is 84.2 Å². The fourth-order valence-corrected chi connectivity index (χ4v) is 3.16. The molecule has 0 bridgehead atoms. The molecule has 0 radical (unpaired) electrons. The summed E-state index contributed by atoms with van der Waals surface area (Å²) in [5.41, 5.74) is 5.68. The van der Waals surface area contributed by atoms with Gasteiger partial charge in [0.15, 0.2) is 0 Å². The van der Waals surface area contributed by atoms with Gasteiger partial charge in [0.05, 0.1) is 4.90 Å². The smallest absolute Gasteiger partial charge is 0.240 e. The zero-order valence-electron chi connectivity index (χ0n) is 12.3. The minimum Gasteiger partial charge on any atom is -0.329 e. The van der Waals surface area contributed by atoms with E-state index in [9.17, 15) is 8.42 Å². The van der Waals surface area contributed by atoms with Gasteiger partial charge >= 0.3 is 0 Å². The van der Waals surface area contributed by atoms with Gasteiger partial charge in [-0.05, 0) is 25.0 Å². The highest BCUT2D eigenvalue weighted by atomic mass is 32.2. The van der Waals surface area contributed by atoms with Crippen LogP contribution in [0.4, 0.5) is 0 Å². The van der Waals surface area contributed by atoms with Gasteiger partial charge in [0.1, 0.15) is 0 Å². The van der Waals surface area contributed by atoms with Crippen molar-refractivity contribution in [3.8, 4) is 0 Å². The molecule has 0 fully saturated rings. The molecule has 1 rings (SSSR count). The van der Waals surface area contributed by atoms with Crippen LogP contribution in [-0.4, -0.2) is 33.6 Å². The Kier molecular flexibility index (Phi) is 6.61. The highest BCUT2D eigenvalue weighted by Gasteiger charge is 2.18. The molecule has 2 atom stereocenters. The summed E-state index contributed by atoms with van der Waals surface area (Å²) in [6, 6.07) is 8.37. The Labute approximate surface area is 122 Å². The average molecular weight is 299 g/mol. The zero-order chi connectivity index (χ0) is 15.2. The van der Waals surface area contributed by atoms with Crippen molar-refractivity contribution in [2.75, 3.05) is 13.1 Å². The molecule has 0 heterocycles. The van der Waals surface area contributed by atoms with E-state index in [0.717, 1.165) is 0 Å². The standard InChI is InChI=1S/C14H25N3O2S/c1-11(2)14(9-15)16-10-12(3)17-20(18,19)13-7-5-4-6-8-13/h4-8,11-12,14,16-17H,9-10,15H2,1-3H3/t12-,14+/m1/s1. The third kappa shape index (κ3) is 5.20. The second kappa shape index (κ2) is 7.73. The van der Waals surface area contributed by atoms with Crippen LogP contribution >= 0.6 is 0 Å². The summed E-state index contributed by atoms with van der Waals surface area (Å²) in [4.78, 5) is 0.283. The summed E-state index contributed by atoms with van der Waals surface area (Å²) in [5, 5.41) is 3.29. The summed E-state index contributed by atoms with van der Waals surface area (Å²) in [6.07, 6.45) is 0. The van der Waals surface area contributed by atoms with Crippen molar-refractivity contribution in [2.45, 2.75) is 37.8 Å². The molecule has 0 aromatic heterocycles. The molecular formula is C14H25N3O2S. The first-order valence-corrected chi connectivity index (χ1v) is 8.36. The number of hydrogen-bond acceptors (Lipinski definition) is 4. The fraction of sp³-hybridized carbons (Fsp3) is 0.571. The van der Waals surface area contributed by atoms with Crippen LogP contribution < -0.4 is 15.8 Å². The molecule has 6 heteroatoms. The first-order valence-electron chi connectivity index (χ1n) is 6.87. The lowest BCUT2D eigenvalue weighted by molar-refractivity contribution is 0.391. The average Bonchev–Trinajstić information content (AvgIpc) is 2.39. The molecular weight excluding hydrogens is 274 g/mol. The van der Waals surface area contributed by atoms with Crippen molar-refractivity contribution in [3.05, 3.63) is 30.3 Å². The van der Waals surface area contributed by atoms with E-state index >= 15 is 0 Å². The second-order valence-electron chi connectivity index (χ2n) is 5.33. The Hall–Kier alpha value is -0.950. The van der Waals surface area contributed by atoms with Crippen LogP contribution in [0.1, 0.15) is 20.8 Å². The fourth-order valence-electron chi connectivity index (χ4n) is 1.89. The molecule has 4 N–H and O–H groups in total. The van der Waals surface area contributed by atoms with Gasteiger partial charge < -0.3 is 11.1 Å². The Morgan fingerprint density at radius 2 is 1.75 bits per heavy atom. The van der Waals surface area contributed by atoms with Crippen molar-refractivity contribution < 1.29 is 8.42 Å². The van der Waals surface area contributed by atoms with Gasteiger partial charge in [0, 0.05) is 25.2 Å². The first-order chi connectivity index (χ1) is 9.36. The van der Waals surface area contributed by atoms with Gasteiger partial charge in [-0.25, -0.2) is 13.1 Å². The van der Waals surface area contributed by atoms with E-state index in [1.807, 2.05) is 6.92 Å². The summed E-state index contributed by atoms with van der Waals surface area (Å²) in [6.45, 7) is 7.09. The van der Waals surface area contributed by atoms with Gasteiger partial charge in [0.25, 0.3) is 0 Å². The van der Waals surface area contributed by atoms with Crippen LogP contribution in [0.3, 0.4) is 0 Å². The number of benzene rings is 1. The van der Waals surface area contributed by atoms with Gasteiger partial charge in [0.2, 0.25) is 10.0 Å². The lowest BCUT2D eigenvalue weighted by atomic mass is 10.0. The Morgan fingerprint density at radius 3 is 2.25 bits per heavy atom. The largest absolute Gasteiger partial charge is 0.329 e. The summed E-state index contributed by atoms with van der Waals surface area (Å²) in [5.74, 6) is 0.415. The van der Waals surface area contributed by atoms with Crippen LogP contribution in [0.15, 0.2) is 35.2 Å². The third-order valence-electron chi connectivity index (χ3n) is 3.15. The lowest BCUT2D eigenvalue weighted by Crippen LogP contribution is -2.47. The highest BCUT2D eigenvalue weighted by Crippen LogP contribution is 2.08. The summed E-state index contributed by atoms with van der Waals surface area (Å²) in [7, 11) is -3.46. The van der Waals surface area contributed by atoms with E-state index in [1.54, 1.807) is 30.3 Å². The molecule has 0 aliphatic heterocycles. The van der Waals surface area contributed by atoms with Crippen molar-refractivity contribution in [2.24, 2.45) is 11.7 Å². The van der Waals surface area contributed by atoms with Crippen LogP contribution in [0.25, 0.3) is 0 Å². The van der Waals surface area contributed by atoms with Gasteiger partial charge in [-0.15, -0.1) is 0 Å². The van der Waals surface area contributed by atoms with Crippen LogP contribution in [0.5, 0.6) is 0 Å². The lowest BCUT2D eigenvalue weighted by Gasteiger charge is -2.23. The van der Waals surface area contributed by atoms with Gasteiger partial charge in [-0.2, -0.15) is 0 Å². The van der Waals surface area contributed by atoms with Crippen molar-refractivity contribution in [1.82, 2.24) is 10.0 Å². The van der Waals surface area contributed by atoms with E-state index in [0.29, 0.717) is 19.0 Å². The molecule has 114 valence electrons. The molecule has 0 unspecified atom stereocenters. The predicted octanol–water partition coefficient (Wildman–Crippen LogP) is 0.926. The minimum atomic E-state index is -3.46. The molecule has 0 spiro atoms. The Bertz CT molecular complexity index is 488. The normalized spacial score (nSPS) is 15.2. The quantitative estimate of drug-likeness (QED) is 0.666. The monoisotopic (exact) mass is 299 g/mol. The number of nitrogens with two attached hydrogens (primary N) is 1. The van der Waals surface area contributed by atoms with Crippen molar-refractivity contribution >= 4 is 10.0 Å². The van der Waals surface area contributed by atoms with E-state index in [4.69, 9.17) is 5.73 Å². The number of rotatable bonds is 8. The maximum absolute atomic E-state index is 12.1. The first kappa shape index (κ1) is 17.1. The van der Waals surface area contributed by atoms with Gasteiger partial charge in [-0.3, -0.25) is 0 Å². The Morgan fingerprint density at radius 1 is 1.15 bits per heavy atom. The van der Waals surface area contributed by atoms with Gasteiger partial charge in [-0.1, -0.05) is 32.0 Å². The van der Waals surface area contributed by atoms with Crippen molar-refractivity contribution in [3.63, 3.8) is 0 Å². The molecule has 1 aromatic rings. The zero-order valence-corrected chi connectivity index (χ0v) is 13.2. The number of sulfonamides is 1. The predicted molar refractivity (Wildman–Crippen MR) is 81.9 cm³/mol. The molecule has 1 aromatic carbocycles. The molecule has 0 amide bonds. The highest BCUT2D eigenvalue weighted by molar-refractivity contribution is 7.89. The van der Waals surface area contributed by atoms with E-state index in [1.165, 1.54) is 0 Å². The summed E-state index contributed by atoms with van der Waals surface area (Å²) >= 11 is 0. The number of nitrogens with one attached hydrogen (secondary N) is 2. The maximum atomic E-state index is 12.1. The molecule has 0 aliphatic carbocycles. The summed E-state index contributed by atoms with van der Waals surface area (Å²) < 4.78 is 26.9. The molecule has 0 aliphatic rings. The maximum Gasteiger partial charge on any atom is 0.240 e. The molecule has 20 heavy (non-hydrogen) atoms. The minimum absolute atomic E-state index is 0.193. The van der Waals surface area contributed by atoms with Crippen LogP contribution in [0.2, 0.25) is 0 Å².